The van der Waals surface area contributed by atoms with Crippen molar-refractivity contribution in [1.82, 2.24) is 9.97 Å². The van der Waals surface area contributed by atoms with Crippen LogP contribution in [0.1, 0.15) is 6.42 Å². The number of aromatic amines is 2. The van der Waals surface area contributed by atoms with E-state index in [-0.39, 0.29) is 27.4 Å². The zero-order valence-electron chi connectivity index (χ0n) is 8.19. The minimum atomic E-state index is -0.461. The summed E-state index contributed by atoms with van der Waals surface area (Å²) in [5.41, 5.74) is 5.31. The van der Waals surface area contributed by atoms with E-state index in [0.717, 1.165) is 0 Å². The number of carbonyl (C=O) groups excluding carboxylic acids is 1. The Hall–Kier alpha value is -1.28. The molecule has 1 amide bonds. The number of hydrogen-bond donors (Lipinski definition) is 4. The Balaban J connectivity index is 2.53. The third-order valence-electron chi connectivity index (χ3n) is 2.32. The normalized spacial score (nSPS) is 20.4. The Kier molecular flexibility index (Phi) is 2.76. The van der Waals surface area contributed by atoms with E-state index in [0.29, 0.717) is 13.0 Å². The van der Waals surface area contributed by atoms with Crippen LogP contribution >= 0.6 is 24.8 Å². The number of nitrogens with two attached hydrogens (primary N) is 1. The van der Waals surface area contributed by atoms with Gasteiger partial charge < -0.3 is 15.6 Å². The fourth-order valence-electron chi connectivity index (χ4n) is 1.67. The molecule has 0 aromatic carbocycles. The summed E-state index contributed by atoms with van der Waals surface area (Å²) in [6.45, 7) is 0.375. The van der Waals surface area contributed by atoms with Gasteiger partial charge in [0.05, 0.1) is 0 Å². The fraction of sp³-hybridized carbons (Fsp3) is 0.375. The zero-order valence-corrected chi connectivity index (χ0v) is 9.90. The Morgan fingerprint density at radius 3 is 2.62 bits per heavy atom. The number of carbonyl (C=O) groups is 1. The smallest absolute Gasteiger partial charge is 0.277 e. The van der Waals surface area contributed by atoms with Crippen molar-refractivity contribution >= 4 is 42.3 Å². The third-order valence-corrected chi connectivity index (χ3v) is 2.87. The quantitative estimate of drug-likeness (QED) is 0.423. The molecular formula is C8H10N4O2S2. The van der Waals surface area contributed by atoms with Gasteiger partial charge in [-0.25, -0.2) is 0 Å². The van der Waals surface area contributed by atoms with Crippen LogP contribution in [-0.2, 0) is 4.79 Å². The summed E-state index contributed by atoms with van der Waals surface area (Å²) in [6, 6.07) is 0. The molecule has 8 heteroatoms. The van der Waals surface area contributed by atoms with Crippen molar-refractivity contribution in [2.75, 3.05) is 17.2 Å². The minimum Gasteiger partial charge on any atom is -0.383 e. The number of amides is 1. The molecule has 4 N–H and O–H groups in total. The van der Waals surface area contributed by atoms with Crippen molar-refractivity contribution < 1.29 is 4.79 Å². The zero-order chi connectivity index (χ0) is 11.9. The van der Waals surface area contributed by atoms with E-state index >= 15 is 0 Å². The second-order valence-corrected chi connectivity index (χ2v) is 4.67. The monoisotopic (exact) mass is 258 g/mol. The molecule has 0 aliphatic carbocycles. The highest BCUT2D eigenvalue weighted by molar-refractivity contribution is 7.81. The maximum absolute atomic E-state index is 11.7. The summed E-state index contributed by atoms with van der Waals surface area (Å²) in [4.78, 5) is 29.6. The molecule has 16 heavy (non-hydrogen) atoms. The first-order valence-electron chi connectivity index (χ1n) is 4.59. The highest BCUT2D eigenvalue weighted by Crippen LogP contribution is 2.24. The molecule has 86 valence electrons. The molecule has 1 aromatic heterocycles. The molecule has 1 saturated heterocycles. The molecule has 2 rings (SSSR count). The van der Waals surface area contributed by atoms with Crippen molar-refractivity contribution in [3.8, 4) is 0 Å². The molecule has 1 atom stereocenters. The molecule has 1 unspecified atom stereocenters. The molecule has 0 bridgehead atoms. The molecule has 0 spiro atoms. The topological polar surface area (TPSA) is 95.0 Å². The van der Waals surface area contributed by atoms with Crippen LogP contribution in [0.15, 0.2) is 4.79 Å². The van der Waals surface area contributed by atoms with E-state index in [9.17, 15) is 9.59 Å². The Labute approximate surface area is 101 Å². The molecule has 1 fully saturated rings. The predicted octanol–water partition coefficient (Wildman–Crippen LogP) is 0.0498. The summed E-state index contributed by atoms with van der Waals surface area (Å²) in [5.74, 6) is -0.0627. The lowest BCUT2D eigenvalue weighted by atomic mass is 10.4. The number of nitrogen functional groups attached to an aromatic ring is 1. The number of aromatic nitrogens is 2. The van der Waals surface area contributed by atoms with Gasteiger partial charge in [-0.05, 0) is 12.2 Å². The van der Waals surface area contributed by atoms with Gasteiger partial charge >= 0.3 is 0 Å². The minimum absolute atomic E-state index is 0.0746. The average molecular weight is 258 g/mol. The van der Waals surface area contributed by atoms with Gasteiger partial charge in [0.1, 0.15) is 5.82 Å². The lowest BCUT2D eigenvalue weighted by Gasteiger charge is -2.16. The summed E-state index contributed by atoms with van der Waals surface area (Å²) in [5, 5.41) is -0.0746. The average Bonchev–Trinajstić information content (AvgIpc) is 2.43. The lowest BCUT2D eigenvalue weighted by molar-refractivity contribution is -0.117. The first-order chi connectivity index (χ1) is 7.49. The number of nitrogens with one attached hydrogen (secondary N) is 2. The van der Waals surface area contributed by atoms with Crippen LogP contribution in [0.25, 0.3) is 0 Å². The fourth-order valence-corrected chi connectivity index (χ4v) is 2.19. The standard InChI is InChI=1S/C8H10N4O2S2/c9-6-5(7(14)11-8(16)10-6)12-2-3(15)1-4(12)13/h3,15H,1-2H2,(H4,9,10,11,14,16). The molecular weight excluding hydrogens is 248 g/mol. The van der Waals surface area contributed by atoms with Crippen molar-refractivity contribution in [1.29, 1.82) is 0 Å². The molecule has 0 radical (unpaired) electrons. The van der Waals surface area contributed by atoms with Crippen LogP contribution in [0.4, 0.5) is 11.5 Å². The van der Waals surface area contributed by atoms with Gasteiger partial charge in [0.25, 0.3) is 5.56 Å². The second-order valence-electron chi connectivity index (χ2n) is 3.53. The Morgan fingerprint density at radius 2 is 2.12 bits per heavy atom. The molecule has 1 aliphatic rings. The first-order valence-corrected chi connectivity index (χ1v) is 5.52. The molecule has 0 saturated carbocycles. The number of H-pyrrole nitrogens is 2. The summed E-state index contributed by atoms with van der Waals surface area (Å²) in [7, 11) is 0. The summed E-state index contributed by atoms with van der Waals surface area (Å²) in [6.07, 6.45) is 0.303. The van der Waals surface area contributed by atoms with Crippen molar-refractivity contribution in [3.63, 3.8) is 0 Å². The van der Waals surface area contributed by atoms with Crippen LogP contribution in [0.2, 0.25) is 0 Å². The molecule has 1 aliphatic heterocycles. The SMILES string of the molecule is Nc1[nH]c(=S)[nH]c(=O)c1N1CC(S)CC1=O. The second kappa shape index (κ2) is 3.95. The number of nitrogens with zero attached hydrogens (tertiary/aromatic N) is 1. The van der Waals surface area contributed by atoms with Crippen LogP contribution in [0.3, 0.4) is 0 Å². The molecule has 1 aromatic rings. The largest absolute Gasteiger partial charge is 0.383 e. The van der Waals surface area contributed by atoms with Gasteiger partial charge in [0.2, 0.25) is 5.91 Å². The van der Waals surface area contributed by atoms with Gasteiger partial charge in [0.15, 0.2) is 10.5 Å². The highest BCUT2D eigenvalue weighted by Gasteiger charge is 2.31. The third kappa shape index (κ3) is 1.85. The van der Waals surface area contributed by atoms with Gasteiger partial charge in [-0.3, -0.25) is 14.6 Å². The van der Waals surface area contributed by atoms with E-state index < -0.39 is 5.56 Å². The number of anilines is 2. The summed E-state index contributed by atoms with van der Waals surface area (Å²) >= 11 is 8.97. The summed E-state index contributed by atoms with van der Waals surface area (Å²) < 4.78 is 0.139. The Bertz CT molecular complexity index is 550. The van der Waals surface area contributed by atoms with Crippen molar-refractivity contribution in [3.05, 3.63) is 15.1 Å². The van der Waals surface area contributed by atoms with E-state index in [2.05, 4.69) is 22.6 Å². The van der Waals surface area contributed by atoms with E-state index in [1.54, 1.807) is 0 Å². The number of rotatable bonds is 1. The number of thiol groups is 1. The van der Waals surface area contributed by atoms with Gasteiger partial charge in [-0.1, -0.05) is 0 Å². The maximum atomic E-state index is 11.7. The number of hydrogen-bond acceptors (Lipinski definition) is 5. The van der Waals surface area contributed by atoms with E-state index in [1.807, 2.05) is 0 Å². The van der Waals surface area contributed by atoms with Gasteiger partial charge in [0, 0.05) is 18.2 Å². The molecule has 2 heterocycles. The predicted molar refractivity (Wildman–Crippen MR) is 66.4 cm³/mol. The first kappa shape index (κ1) is 11.2. The van der Waals surface area contributed by atoms with Crippen LogP contribution in [0, 0.1) is 4.77 Å². The van der Waals surface area contributed by atoms with E-state index in [4.69, 9.17) is 18.0 Å². The van der Waals surface area contributed by atoms with Gasteiger partial charge in [-0.2, -0.15) is 12.6 Å². The molecule has 6 nitrogen and oxygen atoms in total. The Morgan fingerprint density at radius 1 is 1.44 bits per heavy atom. The van der Waals surface area contributed by atoms with Gasteiger partial charge in [-0.15, -0.1) is 0 Å². The van der Waals surface area contributed by atoms with Crippen molar-refractivity contribution in [2.24, 2.45) is 0 Å². The van der Waals surface area contributed by atoms with Crippen molar-refractivity contribution in [2.45, 2.75) is 11.7 Å². The lowest BCUT2D eigenvalue weighted by Crippen LogP contribution is -2.32. The van der Waals surface area contributed by atoms with E-state index in [1.165, 1.54) is 4.90 Å². The van der Waals surface area contributed by atoms with Crippen LogP contribution < -0.4 is 16.2 Å². The van der Waals surface area contributed by atoms with Crippen LogP contribution in [-0.4, -0.2) is 27.7 Å². The highest BCUT2D eigenvalue weighted by atomic mass is 32.1. The van der Waals surface area contributed by atoms with Crippen LogP contribution in [0.5, 0.6) is 0 Å². The maximum Gasteiger partial charge on any atom is 0.277 e.